The summed E-state index contributed by atoms with van der Waals surface area (Å²) in [7, 11) is 2.23. The van der Waals surface area contributed by atoms with Gasteiger partial charge in [-0.3, -0.25) is 0 Å². The van der Waals surface area contributed by atoms with E-state index in [9.17, 15) is 0 Å². The van der Waals surface area contributed by atoms with Gasteiger partial charge in [0.1, 0.15) is 7.28 Å². The molecule has 0 saturated heterocycles. The second-order valence-electron chi connectivity index (χ2n) is 16.1. The topological polar surface area (TPSA) is 9.72 Å². The molecule has 4 heteroatoms. The zero-order valence-electron chi connectivity index (χ0n) is 34.4. The zero-order valence-corrected chi connectivity index (χ0v) is 34.4. The summed E-state index contributed by atoms with van der Waals surface area (Å²) in [4.78, 5) is 7.38. The van der Waals surface area contributed by atoms with E-state index in [2.05, 4.69) is 232 Å². The molecular formula is C55H47BN3. The van der Waals surface area contributed by atoms with Crippen LogP contribution in [0.4, 0.5) is 51.2 Å². The highest BCUT2D eigenvalue weighted by atomic mass is 15.3. The summed E-state index contributed by atoms with van der Waals surface area (Å²) >= 11 is 0. The van der Waals surface area contributed by atoms with E-state index in [1.165, 1.54) is 84.0 Å². The Balaban J connectivity index is 1.10. The smallest absolute Gasteiger partial charge is 0.148 e. The number of benzene rings is 8. The van der Waals surface area contributed by atoms with Gasteiger partial charge in [-0.15, -0.1) is 0 Å². The van der Waals surface area contributed by atoms with Gasteiger partial charge in [-0.2, -0.15) is 0 Å². The minimum Gasteiger partial charge on any atom is -0.310 e. The molecule has 0 N–H and O–H groups in total. The lowest BCUT2D eigenvalue weighted by molar-refractivity contribution is 0.792. The highest BCUT2D eigenvalue weighted by Gasteiger charge is 2.33. The van der Waals surface area contributed by atoms with E-state index >= 15 is 0 Å². The van der Waals surface area contributed by atoms with Crippen LogP contribution in [0.2, 0.25) is 6.82 Å². The summed E-state index contributed by atoms with van der Waals surface area (Å²) in [5.41, 5.74) is 23.5. The molecule has 8 aromatic carbocycles. The Morgan fingerprint density at radius 3 is 1.51 bits per heavy atom. The van der Waals surface area contributed by atoms with Crippen molar-refractivity contribution in [3.8, 4) is 11.1 Å². The van der Waals surface area contributed by atoms with Crippen molar-refractivity contribution < 1.29 is 0 Å². The largest absolute Gasteiger partial charge is 0.310 e. The highest BCUT2D eigenvalue weighted by Crippen LogP contribution is 2.56. The van der Waals surface area contributed by atoms with E-state index in [4.69, 9.17) is 0 Å². The third-order valence-corrected chi connectivity index (χ3v) is 12.5. The van der Waals surface area contributed by atoms with Crippen LogP contribution in [0.3, 0.4) is 0 Å². The molecule has 0 aliphatic carbocycles. The number of rotatable bonds is 7. The normalized spacial score (nSPS) is 13.1. The van der Waals surface area contributed by atoms with Crippen molar-refractivity contribution in [1.29, 1.82) is 0 Å². The van der Waals surface area contributed by atoms with Crippen LogP contribution in [0.5, 0.6) is 0 Å². The first-order valence-electron chi connectivity index (χ1n) is 20.8. The minimum atomic E-state index is 0.240. The van der Waals surface area contributed by atoms with E-state index in [0.29, 0.717) is 0 Å². The fraction of sp³-hybridized carbons (Fsp3) is 0.127. The molecule has 285 valence electrons. The summed E-state index contributed by atoms with van der Waals surface area (Å²) in [5, 5.41) is 0. The van der Waals surface area contributed by atoms with E-state index < -0.39 is 0 Å². The summed E-state index contributed by atoms with van der Waals surface area (Å²) in [6.07, 6.45) is 0.943. The summed E-state index contributed by atoms with van der Waals surface area (Å²) < 4.78 is 0. The van der Waals surface area contributed by atoms with E-state index in [1.54, 1.807) is 0 Å². The van der Waals surface area contributed by atoms with Crippen LogP contribution in [-0.2, 0) is 6.42 Å². The lowest BCUT2D eigenvalue weighted by Crippen LogP contribution is -2.25. The van der Waals surface area contributed by atoms with Crippen molar-refractivity contribution in [2.75, 3.05) is 14.7 Å². The van der Waals surface area contributed by atoms with Crippen LogP contribution in [0.25, 0.3) is 11.1 Å². The maximum Gasteiger partial charge on any atom is 0.148 e. The van der Waals surface area contributed by atoms with Crippen LogP contribution in [-0.4, -0.2) is 7.28 Å². The van der Waals surface area contributed by atoms with Crippen LogP contribution >= 0.6 is 0 Å². The minimum absolute atomic E-state index is 0.240. The Hall–Kier alpha value is -6.78. The maximum atomic E-state index is 2.49. The van der Waals surface area contributed by atoms with Gasteiger partial charge in [0.2, 0.25) is 0 Å². The molecule has 0 atom stereocenters. The molecule has 3 nitrogen and oxygen atoms in total. The van der Waals surface area contributed by atoms with Crippen molar-refractivity contribution in [3.63, 3.8) is 0 Å². The Morgan fingerprint density at radius 2 is 0.898 bits per heavy atom. The average Bonchev–Trinajstić information content (AvgIpc) is 3.27. The Labute approximate surface area is 350 Å². The lowest BCUT2D eigenvalue weighted by Gasteiger charge is -2.41. The zero-order chi connectivity index (χ0) is 40.2. The SMILES string of the molecule is C[B]c1ccccc1CC1c2ccccc2N(c2ccc(C)c(-c3cc(N4c5ccccc5N(c5ccccc5C)c5ccc(C)cc54)ccc3C)c2)c2ccccc21. The van der Waals surface area contributed by atoms with Gasteiger partial charge < -0.3 is 14.7 Å². The van der Waals surface area contributed by atoms with E-state index in [1.807, 2.05) is 0 Å². The van der Waals surface area contributed by atoms with Crippen LogP contribution in [0.1, 0.15) is 44.9 Å². The molecule has 8 aromatic rings. The first-order chi connectivity index (χ1) is 28.9. The molecule has 2 aliphatic rings. The Kier molecular flexibility index (Phi) is 9.21. The highest BCUT2D eigenvalue weighted by molar-refractivity contribution is 6.52. The molecule has 0 bridgehead atoms. The quantitative estimate of drug-likeness (QED) is 0.150. The van der Waals surface area contributed by atoms with Gasteiger partial charge in [0, 0.05) is 34.4 Å². The molecule has 59 heavy (non-hydrogen) atoms. The molecule has 0 aromatic heterocycles. The van der Waals surface area contributed by atoms with Crippen LogP contribution in [0, 0.1) is 27.7 Å². The molecule has 0 unspecified atom stereocenters. The number of hydrogen-bond acceptors (Lipinski definition) is 3. The van der Waals surface area contributed by atoms with Crippen LogP contribution in [0.15, 0.2) is 176 Å². The van der Waals surface area contributed by atoms with Gasteiger partial charge in [0.05, 0.1) is 22.7 Å². The van der Waals surface area contributed by atoms with E-state index in [-0.39, 0.29) is 5.92 Å². The Morgan fingerprint density at radius 1 is 0.407 bits per heavy atom. The van der Waals surface area contributed by atoms with Crippen molar-refractivity contribution in [3.05, 3.63) is 215 Å². The molecule has 0 spiro atoms. The maximum absolute atomic E-state index is 2.49. The molecule has 10 rings (SSSR count). The van der Waals surface area contributed by atoms with Crippen molar-refractivity contribution in [2.24, 2.45) is 0 Å². The molecule has 2 aliphatic heterocycles. The fourth-order valence-electron chi connectivity index (χ4n) is 9.52. The number of para-hydroxylation sites is 5. The molecular weight excluding hydrogens is 713 g/mol. The van der Waals surface area contributed by atoms with Gasteiger partial charge in [-0.25, -0.2) is 0 Å². The average molecular weight is 761 g/mol. The predicted molar refractivity (Wildman–Crippen MR) is 252 cm³/mol. The van der Waals surface area contributed by atoms with Crippen molar-refractivity contribution >= 4 is 63.9 Å². The second-order valence-corrected chi connectivity index (χ2v) is 16.1. The van der Waals surface area contributed by atoms with Gasteiger partial charge >= 0.3 is 0 Å². The third kappa shape index (κ3) is 6.22. The molecule has 0 saturated carbocycles. The van der Waals surface area contributed by atoms with Crippen LogP contribution < -0.4 is 20.2 Å². The molecule has 1 radical (unpaired) electrons. The van der Waals surface area contributed by atoms with Crippen molar-refractivity contribution in [2.45, 2.75) is 46.9 Å². The summed E-state index contributed by atoms with van der Waals surface area (Å²) in [6, 6.07) is 65.2. The first kappa shape index (κ1) is 36.6. The van der Waals surface area contributed by atoms with Gasteiger partial charge in [-0.05, 0) is 145 Å². The number of aryl methyl sites for hydroxylation is 4. The third-order valence-electron chi connectivity index (χ3n) is 12.5. The standard InChI is InChI=1S/C55H47BN3/c1-36-26-31-54-55(32-36)58(52-24-14-15-25-53(52)59(54)49-21-11-6-16-39(49)4)42-30-28-38(3)46(35-42)45-34-41(29-27-37(45)2)57-50-22-12-8-18-43(50)47(44-19-9-13-23-51(44)57)33-40-17-7-10-20-48(40)56-5/h6-32,34-35,47H,33H2,1-5H3. The first-order valence-corrected chi connectivity index (χ1v) is 20.8. The van der Waals surface area contributed by atoms with Crippen molar-refractivity contribution in [1.82, 2.24) is 0 Å². The molecule has 0 fully saturated rings. The number of anilines is 9. The lowest BCUT2D eigenvalue weighted by atomic mass is 9.68. The number of hydrogen-bond donors (Lipinski definition) is 0. The van der Waals surface area contributed by atoms with Gasteiger partial charge in [-0.1, -0.05) is 127 Å². The van der Waals surface area contributed by atoms with E-state index in [0.717, 1.165) is 29.2 Å². The predicted octanol–water partition coefficient (Wildman–Crippen LogP) is 14.4. The number of nitrogens with zero attached hydrogens (tertiary/aromatic N) is 3. The molecule has 2 heterocycles. The summed E-state index contributed by atoms with van der Waals surface area (Å²) in [6.45, 7) is 11.0. The van der Waals surface area contributed by atoms with Gasteiger partial charge in [0.15, 0.2) is 0 Å². The fourth-order valence-corrected chi connectivity index (χ4v) is 9.52. The van der Waals surface area contributed by atoms with Gasteiger partial charge in [0.25, 0.3) is 0 Å². The Bertz CT molecular complexity index is 2850. The second kappa shape index (κ2) is 14.9. The summed E-state index contributed by atoms with van der Waals surface area (Å²) in [5.74, 6) is 0.240. The number of fused-ring (bicyclic) bond motifs is 4. The monoisotopic (exact) mass is 760 g/mol. The molecule has 0 amide bonds.